The number of aryl methyl sites for hydroxylation is 1. The van der Waals surface area contributed by atoms with Crippen molar-refractivity contribution < 1.29 is 32.7 Å². The lowest BCUT2D eigenvalue weighted by molar-refractivity contribution is -0.137. The molecule has 1 heterocycles. The largest absolute Gasteiger partial charge is 0.503 e. The van der Waals surface area contributed by atoms with Gasteiger partial charge in [0.05, 0.1) is 27.7 Å². The third-order valence-corrected chi connectivity index (χ3v) is 6.48. The Balaban J connectivity index is 1.44. The Morgan fingerprint density at radius 1 is 1.13 bits per heavy atom. The van der Waals surface area contributed by atoms with Crippen LogP contribution in [0.1, 0.15) is 24.5 Å². The first-order chi connectivity index (χ1) is 17.8. The van der Waals surface area contributed by atoms with E-state index in [-0.39, 0.29) is 36.9 Å². The molecule has 0 aliphatic carbocycles. The molecular formula is C25H25Cl2F3N4O4. The number of hydrogen-bond donors (Lipinski definition) is 4. The zero-order chi connectivity index (χ0) is 28.0. The summed E-state index contributed by atoms with van der Waals surface area (Å²) in [5.41, 5.74) is -0.116. The number of carbonyl (C=O) groups is 3. The van der Waals surface area contributed by atoms with Gasteiger partial charge in [0.2, 0.25) is 0 Å². The minimum atomic E-state index is -4.55. The van der Waals surface area contributed by atoms with Crippen LogP contribution in [0.3, 0.4) is 0 Å². The maximum Gasteiger partial charge on any atom is 0.416 e. The summed E-state index contributed by atoms with van der Waals surface area (Å²) in [6, 6.07) is 8.35. The Labute approximate surface area is 226 Å². The molecule has 1 aliphatic rings. The molecule has 1 atom stereocenters. The highest BCUT2D eigenvalue weighted by Gasteiger charge is 2.34. The topological polar surface area (TPSA) is 111 Å². The molecule has 2 aromatic rings. The fourth-order valence-electron chi connectivity index (χ4n) is 3.69. The Hall–Kier alpha value is -3.44. The summed E-state index contributed by atoms with van der Waals surface area (Å²) in [6.45, 7) is 1.52. The number of carbonyl (C=O) groups excluding carboxylic acids is 3. The highest BCUT2D eigenvalue weighted by molar-refractivity contribution is 6.42. The number of nitrogens with one attached hydrogen (secondary N) is 3. The van der Waals surface area contributed by atoms with Gasteiger partial charge in [-0.25, -0.2) is 4.79 Å². The molecule has 4 N–H and O–H groups in total. The number of hydrogen-bond acceptors (Lipinski definition) is 4. The molecular weight excluding hydrogens is 548 g/mol. The van der Waals surface area contributed by atoms with E-state index in [9.17, 15) is 32.7 Å². The number of anilines is 1. The highest BCUT2D eigenvalue weighted by atomic mass is 35.5. The zero-order valence-corrected chi connectivity index (χ0v) is 21.7. The van der Waals surface area contributed by atoms with E-state index >= 15 is 0 Å². The maximum atomic E-state index is 12.8. The van der Waals surface area contributed by atoms with Crippen molar-refractivity contribution in [3.8, 4) is 0 Å². The SMILES string of the molecule is CC(CCc1ccc(Cl)c(Cl)c1)NC(=O)C1=C(O)C(=O)N(CCNC(=O)Nc2cccc(C(F)(F)F)c2)C1. The van der Waals surface area contributed by atoms with Crippen molar-refractivity contribution >= 4 is 46.7 Å². The average Bonchev–Trinajstić information content (AvgIpc) is 3.13. The molecule has 2 aromatic carbocycles. The molecule has 0 spiro atoms. The highest BCUT2D eigenvalue weighted by Crippen LogP contribution is 2.30. The van der Waals surface area contributed by atoms with Gasteiger partial charge in [0.1, 0.15) is 0 Å². The van der Waals surface area contributed by atoms with Crippen LogP contribution in [0.2, 0.25) is 10.0 Å². The third-order valence-electron chi connectivity index (χ3n) is 5.74. The van der Waals surface area contributed by atoms with Crippen LogP contribution in [0.25, 0.3) is 0 Å². The van der Waals surface area contributed by atoms with Gasteiger partial charge in [0.25, 0.3) is 11.8 Å². The minimum absolute atomic E-state index is 0.0391. The number of alkyl halides is 3. The third kappa shape index (κ3) is 7.78. The Kier molecular flexibility index (Phi) is 9.50. The smallest absolute Gasteiger partial charge is 0.416 e. The van der Waals surface area contributed by atoms with Crippen molar-refractivity contribution in [3.05, 3.63) is 75.0 Å². The van der Waals surface area contributed by atoms with Gasteiger partial charge in [-0.1, -0.05) is 35.3 Å². The number of aliphatic hydroxyl groups is 1. The minimum Gasteiger partial charge on any atom is -0.503 e. The number of nitrogens with zero attached hydrogens (tertiary/aromatic N) is 1. The molecule has 4 amide bonds. The number of halogens is 5. The Bertz CT molecular complexity index is 1250. The number of rotatable bonds is 9. The molecule has 8 nitrogen and oxygen atoms in total. The number of benzene rings is 2. The zero-order valence-electron chi connectivity index (χ0n) is 20.2. The normalized spacial score (nSPS) is 14.5. The van der Waals surface area contributed by atoms with Gasteiger partial charge in [-0.05, 0) is 55.7 Å². The van der Waals surface area contributed by atoms with Crippen LogP contribution in [0.15, 0.2) is 53.8 Å². The summed E-state index contributed by atoms with van der Waals surface area (Å²) in [5.74, 6) is -2.03. The maximum absolute atomic E-state index is 12.8. The van der Waals surface area contributed by atoms with Gasteiger partial charge in [-0.3, -0.25) is 9.59 Å². The van der Waals surface area contributed by atoms with E-state index in [0.717, 1.165) is 23.8 Å². The summed E-state index contributed by atoms with van der Waals surface area (Å²) >= 11 is 11.9. The van der Waals surface area contributed by atoms with Crippen molar-refractivity contribution in [3.63, 3.8) is 0 Å². The molecule has 1 aliphatic heterocycles. The summed E-state index contributed by atoms with van der Waals surface area (Å²) < 4.78 is 38.4. The van der Waals surface area contributed by atoms with E-state index in [1.165, 1.54) is 11.0 Å². The number of amides is 4. The van der Waals surface area contributed by atoms with Gasteiger partial charge >= 0.3 is 12.2 Å². The summed E-state index contributed by atoms with van der Waals surface area (Å²) in [7, 11) is 0. The van der Waals surface area contributed by atoms with Crippen molar-refractivity contribution in [1.82, 2.24) is 15.5 Å². The van der Waals surface area contributed by atoms with Crippen LogP contribution < -0.4 is 16.0 Å². The molecule has 0 radical (unpaired) electrons. The van der Waals surface area contributed by atoms with Crippen molar-refractivity contribution in [2.24, 2.45) is 0 Å². The second-order valence-corrected chi connectivity index (χ2v) is 9.49. The molecule has 3 rings (SSSR count). The predicted molar refractivity (Wildman–Crippen MR) is 137 cm³/mol. The van der Waals surface area contributed by atoms with Crippen molar-refractivity contribution in [1.29, 1.82) is 0 Å². The van der Waals surface area contributed by atoms with E-state index in [4.69, 9.17) is 23.2 Å². The van der Waals surface area contributed by atoms with Gasteiger partial charge in [-0.15, -0.1) is 0 Å². The molecule has 0 saturated carbocycles. The van der Waals surface area contributed by atoms with E-state index in [0.29, 0.717) is 22.9 Å². The lowest BCUT2D eigenvalue weighted by Gasteiger charge is -2.18. The molecule has 0 aromatic heterocycles. The van der Waals surface area contributed by atoms with Crippen LogP contribution in [0.5, 0.6) is 0 Å². The fourth-order valence-corrected chi connectivity index (χ4v) is 4.01. The molecule has 0 bridgehead atoms. The first-order valence-corrected chi connectivity index (χ1v) is 12.3. The Morgan fingerprint density at radius 3 is 2.55 bits per heavy atom. The quantitative estimate of drug-likeness (QED) is 0.341. The molecule has 0 saturated heterocycles. The van der Waals surface area contributed by atoms with Crippen molar-refractivity contribution in [2.45, 2.75) is 32.0 Å². The molecule has 13 heteroatoms. The lowest BCUT2D eigenvalue weighted by Crippen LogP contribution is -2.39. The van der Waals surface area contributed by atoms with Gasteiger partial charge in [0, 0.05) is 24.8 Å². The molecule has 38 heavy (non-hydrogen) atoms. The van der Waals surface area contributed by atoms with Crippen LogP contribution in [-0.4, -0.2) is 53.5 Å². The van der Waals surface area contributed by atoms with Crippen LogP contribution >= 0.6 is 23.2 Å². The summed E-state index contributed by atoms with van der Waals surface area (Å²) in [6.07, 6.45) is -3.37. The number of urea groups is 1. The van der Waals surface area contributed by atoms with E-state index < -0.39 is 35.3 Å². The van der Waals surface area contributed by atoms with Crippen LogP contribution in [0.4, 0.5) is 23.7 Å². The predicted octanol–water partition coefficient (Wildman–Crippen LogP) is 4.93. The average molecular weight is 573 g/mol. The first-order valence-electron chi connectivity index (χ1n) is 11.5. The fraction of sp³-hybridized carbons (Fsp3) is 0.320. The monoisotopic (exact) mass is 572 g/mol. The second kappa shape index (κ2) is 12.4. The van der Waals surface area contributed by atoms with Crippen LogP contribution in [-0.2, 0) is 22.2 Å². The van der Waals surface area contributed by atoms with Gasteiger partial charge in [0.15, 0.2) is 5.76 Å². The van der Waals surface area contributed by atoms with Crippen molar-refractivity contribution in [2.75, 3.05) is 25.0 Å². The molecule has 1 unspecified atom stereocenters. The van der Waals surface area contributed by atoms with Crippen LogP contribution in [0, 0.1) is 0 Å². The van der Waals surface area contributed by atoms with E-state index in [2.05, 4.69) is 16.0 Å². The summed E-state index contributed by atoms with van der Waals surface area (Å²) in [5, 5.41) is 18.5. The molecule has 0 fully saturated rings. The number of aliphatic hydroxyl groups excluding tert-OH is 1. The van der Waals surface area contributed by atoms with E-state index in [1.54, 1.807) is 19.1 Å². The summed E-state index contributed by atoms with van der Waals surface area (Å²) in [4.78, 5) is 38.2. The Morgan fingerprint density at radius 2 is 1.87 bits per heavy atom. The second-order valence-electron chi connectivity index (χ2n) is 8.67. The molecule has 204 valence electrons. The first kappa shape index (κ1) is 29.1. The van der Waals surface area contributed by atoms with Gasteiger partial charge < -0.3 is 26.0 Å². The lowest BCUT2D eigenvalue weighted by atomic mass is 10.1. The van der Waals surface area contributed by atoms with E-state index in [1.807, 2.05) is 6.07 Å². The van der Waals surface area contributed by atoms with Gasteiger partial charge in [-0.2, -0.15) is 13.2 Å². The standard InChI is InChI=1S/C25H25Cl2F3N4O4/c1-14(5-6-15-7-8-19(26)20(27)11-15)32-22(36)18-13-34(23(37)21(18)35)10-9-31-24(38)33-17-4-2-3-16(12-17)25(28,29)30/h2-4,7-8,11-12,14,35H,5-6,9-10,13H2,1H3,(H,32,36)(H2,31,33,38).